The van der Waals surface area contributed by atoms with Crippen LogP contribution in [0.15, 0.2) is 41.9 Å². The lowest BCUT2D eigenvalue weighted by Crippen LogP contribution is -2.23. The molecule has 27 heavy (non-hydrogen) atoms. The third kappa shape index (κ3) is 4.06. The number of anilines is 1. The number of aromatic nitrogens is 3. The molecule has 0 radical (unpaired) electrons. The molecule has 4 rings (SSSR count). The zero-order valence-corrected chi connectivity index (χ0v) is 15.7. The van der Waals surface area contributed by atoms with Crippen LogP contribution in [0.5, 0.6) is 0 Å². The van der Waals surface area contributed by atoms with Crippen LogP contribution in [0, 0.1) is 5.82 Å². The van der Waals surface area contributed by atoms with Gasteiger partial charge in [0, 0.05) is 30.7 Å². The fraction of sp³-hybridized carbons (Fsp3) is 0.316. The van der Waals surface area contributed by atoms with E-state index in [2.05, 4.69) is 20.3 Å². The second kappa shape index (κ2) is 7.58. The van der Waals surface area contributed by atoms with Crippen LogP contribution in [0.2, 0.25) is 0 Å². The number of hydrogen-bond acceptors (Lipinski definition) is 5. The van der Waals surface area contributed by atoms with Gasteiger partial charge < -0.3 is 0 Å². The first-order chi connectivity index (χ1) is 13.1. The molecule has 1 saturated heterocycles. The summed E-state index contributed by atoms with van der Waals surface area (Å²) in [7, 11) is 1.92. The lowest BCUT2D eigenvalue weighted by Gasteiger charge is -2.21. The number of carbonyl (C=O) groups excluding carboxylic acids is 1. The van der Waals surface area contributed by atoms with E-state index in [1.54, 1.807) is 0 Å². The van der Waals surface area contributed by atoms with Gasteiger partial charge in [-0.25, -0.2) is 9.37 Å². The molecule has 1 N–H and O–H groups in total. The number of nitrogens with zero attached hydrogens (tertiary/aromatic N) is 4. The van der Waals surface area contributed by atoms with Crippen molar-refractivity contribution >= 4 is 22.4 Å². The Bertz CT molecular complexity index is 936. The predicted octanol–water partition coefficient (Wildman–Crippen LogP) is 3.61. The van der Waals surface area contributed by atoms with E-state index in [1.165, 1.54) is 35.6 Å². The lowest BCUT2D eigenvalue weighted by atomic mass is 10.1. The van der Waals surface area contributed by atoms with E-state index in [0.717, 1.165) is 37.3 Å². The number of likely N-dealkylation sites (tertiary alicyclic amines) is 1. The second-order valence-electron chi connectivity index (χ2n) is 6.65. The molecule has 3 aromatic rings. The van der Waals surface area contributed by atoms with E-state index in [9.17, 15) is 9.18 Å². The smallest absolute Gasteiger partial charge is 0.257 e. The minimum absolute atomic E-state index is 0.236. The minimum atomic E-state index is -0.364. The molecule has 1 atom stereocenters. The van der Waals surface area contributed by atoms with Gasteiger partial charge in [-0.2, -0.15) is 5.10 Å². The van der Waals surface area contributed by atoms with Crippen LogP contribution in [0.25, 0.3) is 0 Å². The fourth-order valence-corrected chi connectivity index (χ4v) is 4.12. The van der Waals surface area contributed by atoms with Crippen molar-refractivity contribution in [3.8, 4) is 0 Å². The highest BCUT2D eigenvalue weighted by molar-refractivity contribution is 7.14. The maximum Gasteiger partial charge on any atom is 0.257 e. The number of rotatable bonds is 5. The van der Waals surface area contributed by atoms with Crippen LogP contribution in [0.3, 0.4) is 0 Å². The van der Waals surface area contributed by atoms with Crippen LogP contribution in [0.1, 0.15) is 40.6 Å². The fourth-order valence-electron chi connectivity index (χ4n) is 3.37. The van der Waals surface area contributed by atoms with Gasteiger partial charge in [0.05, 0.1) is 17.4 Å². The molecule has 1 fully saturated rings. The highest BCUT2D eigenvalue weighted by atomic mass is 32.1. The van der Waals surface area contributed by atoms with Gasteiger partial charge in [-0.3, -0.25) is 19.7 Å². The first-order valence-corrected chi connectivity index (χ1v) is 9.71. The Labute approximate surface area is 160 Å². The maximum absolute atomic E-state index is 13.0. The van der Waals surface area contributed by atoms with E-state index in [4.69, 9.17) is 0 Å². The van der Waals surface area contributed by atoms with E-state index in [-0.39, 0.29) is 17.8 Å². The Morgan fingerprint density at radius 3 is 2.89 bits per heavy atom. The summed E-state index contributed by atoms with van der Waals surface area (Å²) in [6.45, 7) is 1.80. The molecular formula is C19H20FN5OS. The number of amides is 1. The van der Waals surface area contributed by atoms with E-state index in [0.29, 0.717) is 10.7 Å². The molecular weight excluding hydrogens is 365 g/mol. The SMILES string of the molecule is Cn1ccc(CN2CCC[C@H]2c2csc(NC(=O)c3ccc(F)cc3)n2)n1. The number of thiazole rings is 1. The van der Waals surface area contributed by atoms with Crippen molar-refractivity contribution in [2.24, 2.45) is 7.05 Å². The summed E-state index contributed by atoms with van der Waals surface area (Å²) in [5, 5.41) is 9.82. The van der Waals surface area contributed by atoms with Crippen LogP contribution >= 0.6 is 11.3 Å². The van der Waals surface area contributed by atoms with Gasteiger partial charge in [-0.1, -0.05) is 0 Å². The van der Waals surface area contributed by atoms with Crippen molar-refractivity contribution in [2.75, 3.05) is 11.9 Å². The summed E-state index contributed by atoms with van der Waals surface area (Å²) in [6.07, 6.45) is 4.11. The quantitative estimate of drug-likeness (QED) is 0.729. The molecule has 140 valence electrons. The molecule has 6 nitrogen and oxygen atoms in total. The molecule has 1 aromatic carbocycles. The maximum atomic E-state index is 13.0. The summed E-state index contributed by atoms with van der Waals surface area (Å²) in [5.41, 5.74) is 2.43. The van der Waals surface area contributed by atoms with Crippen molar-refractivity contribution in [3.05, 3.63) is 64.7 Å². The summed E-state index contributed by atoms with van der Waals surface area (Å²) in [6, 6.07) is 7.74. The summed E-state index contributed by atoms with van der Waals surface area (Å²) < 4.78 is 14.8. The number of halogens is 1. The van der Waals surface area contributed by atoms with Crippen molar-refractivity contribution in [1.82, 2.24) is 19.7 Å². The zero-order valence-electron chi connectivity index (χ0n) is 14.9. The number of nitrogens with one attached hydrogen (secondary N) is 1. The summed E-state index contributed by atoms with van der Waals surface area (Å²) >= 11 is 1.41. The van der Waals surface area contributed by atoms with Gasteiger partial charge in [0.2, 0.25) is 0 Å². The molecule has 0 saturated carbocycles. The Morgan fingerprint density at radius 1 is 1.33 bits per heavy atom. The van der Waals surface area contributed by atoms with E-state index < -0.39 is 0 Å². The highest BCUT2D eigenvalue weighted by Gasteiger charge is 2.28. The van der Waals surface area contributed by atoms with Gasteiger partial charge in [0.15, 0.2) is 5.13 Å². The van der Waals surface area contributed by atoms with Gasteiger partial charge in [0.25, 0.3) is 5.91 Å². The molecule has 0 bridgehead atoms. The van der Waals surface area contributed by atoms with E-state index in [1.807, 2.05) is 29.4 Å². The Kier molecular flexibility index (Phi) is 5.00. The Morgan fingerprint density at radius 2 is 2.15 bits per heavy atom. The Hall–Kier alpha value is -2.58. The van der Waals surface area contributed by atoms with Crippen LogP contribution in [-0.4, -0.2) is 32.1 Å². The zero-order chi connectivity index (χ0) is 18.8. The summed E-state index contributed by atoms with van der Waals surface area (Å²) in [5.74, 6) is -0.648. The monoisotopic (exact) mass is 385 g/mol. The highest BCUT2D eigenvalue weighted by Crippen LogP contribution is 2.34. The van der Waals surface area contributed by atoms with Gasteiger partial charge in [-0.15, -0.1) is 11.3 Å². The molecule has 0 aliphatic carbocycles. The predicted molar refractivity (Wildman–Crippen MR) is 102 cm³/mol. The molecule has 1 amide bonds. The van der Waals surface area contributed by atoms with E-state index >= 15 is 0 Å². The molecule has 3 heterocycles. The molecule has 0 spiro atoms. The third-order valence-electron chi connectivity index (χ3n) is 4.69. The molecule has 2 aromatic heterocycles. The molecule has 0 unspecified atom stereocenters. The Balaban J connectivity index is 1.43. The first-order valence-electron chi connectivity index (χ1n) is 8.83. The number of hydrogen-bond donors (Lipinski definition) is 1. The van der Waals surface area contributed by atoms with Gasteiger partial charge in [-0.05, 0) is 49.7 Å². The van der Waals surface area contributed by atoms with Crippen LogP contribution in [-0.2, 0) is 13.6 Å². The number of carbonyl (C=O) groups is 1. The average Bonchev–Trinajstić information content (AvgIpc) is 3.37. The van der Waals surface area contributed by atoms with Crippen molar-refractivity contribution in [2.45, 2.75) is 25.4 Å². The van der Waals surface area contributed by atoms with Crippen molar-refractivity contribution < 1.29 is 9.18 Å². The number of aryl methyl sites for hydroxylation is 1. The van der Waals surface area contributed by atoms with Crippen molar-refractivity contribution in [1.29, 1.82) is 0 Å². The normalized spacial score (nSPS) is 17.3. The largest absolute Gasteiger partial charge is 0.298 e. The van der Waals surface area contributed by atoms with Gasteiger partial charge in [0.1, 0.15) is 5.82 Å². The second-order valence-corrected chi connectivity index (χ2v) is 7.51. The molecule has 1 aliphatic rings. The minimum Gasteiger partial charge on any atom is -0.298 e. The lowest BCUT2D eigenvalue weighted by molar-refractivity contribution is 0.102. The third-order valence-corrected chi connectivity index (χ3v) is 5.46. The average molecular weight is 385 g/mol. The van der Waals surface area contributed by atoms with Crippen LogP contribution in [0.4, 0.5) is 9.52 Å². The van der Waals surface area contributed by atoms with Gasteiger partial charge >= 0.3 is 0 Å². The topological polar surface area (TPSA) is 63.0 Å². The molecule has 8 heteroatoms. The standard InChI is InChI=1S/C19H20FN5OS/c1-24-10-8-15(23-24)11-25-9-2-3-17(25)16-12-27-19(21-16)22-18(26)13-4-6-14(20)7-5-13/h4-8,10,12,17H,2-3,9,11H2,1H3,(H,21,22,26)/t17-/m0/s1. The first kappa shape index (κ1) is 17.8. The number of benzene rings is 1. The summed E-state index contributed by atoms with van der Waals surface area (Å²) in [4.78, 5) is 19.3. The molecule has 1 aliphatic heterocycles. The van der Waals surface area contributed by atoms with Crippen LogP contribution < -0.4 is 5.32 Å². The van der Waals surface area contributed by atoms with Crippen molar-refractivity contribution in [3.63, 3.8) is 0 Å².